The molecule has 1 heterocycles. The van der Waals surface area contributed by atoms with E-state index < -0.39 is 0 Å². The lowest BCUT2D eigenvalue weighted by Gasteiger charge is -2.57. The van der Waals surface area contributed by atoms with E-state index in [2.05, 4.69) is 43.2 Å². The summed E-state index contributed by atoms with van der Waals surface area (Å²) in [6.07, 6.45) is 13.2. The van der Waals surface area contributed by atoms with Gasteiger partial charge < -0.3 is 5.32 Å². The van der Waals surface area contributed by atoms with Crippen LogP contribution in [0.1, 0.15) is 71.3 Å². The van der Waals surface area contributed by atoms with Gasteiger partial charge >= 0.3 is 0 Å². The van der Waals surface area contributed by atoms with Gasteiger partial charge in [0.15, 0.2) is 0 Å². The van der Waals surface area contributed by atoms with Crippen molar-refractivity contribution in [2.45, 2.75) is 71.1 Å². The molecule has 1 aromatic heterocycles. The van der Waals surface area contributed by atoms with Gasteiger partial charge in [-0.3, -0.25) is 4.98 Å². The number of aromatic nitrogens is 1. The van der Waals surface area contributed by atoms with Crippen LogP contribution in [0, 0.1) is 5.41 Å². The second-order valence-corrected chi connectivity index (χ2v) is 7.05. The van der Waals surface area contributed by atoms with Gasteiger partial charge in [-0.05, 0) is 61.8 Å². The van der Waals surface area contributed by atoms with E-state index in [1.165, 1.54) is 50.5 Å². The van der Waals surface area contributed by atoms with Crippen LogP contribution in [-0.4, -0.2) is 18.1 Å². The predicted octanol–water partition coefficient (Wildman–Crippen LogP) is 4.70. The summed E-state index contributed by atoms with van der Waals surface area (Å²) in [6, 6.07) is 4.46. The van der Waals surface area contributed by atoms with Crippen molar-refractivity contribution in [2.24, 2.45) is 5.41 Å². The summed E-state index contributed by atoms with van der Waals surface area (Å²) >= 11 is 0. The number of rotatable bonds is 9. The van der Waals surface area contributed by atoms with Gasteiger partial charge in [0, 0.05) is 24.4 Å². The standard InChI is InChI=1S/C19H32N2/c1-4-9-18(10-5-2)14-19(15-18,16-21-11-6-3)17-7-12-20-13-8-17/h7-8,12-13,21H,4-6,9-11,14-16H2,1-3H3. The highest BCUT2D eigenvalue weighted by Crippen LogP contribution is 2.59. The molecule has 118 valence electrons. The second-order valence-electron chi connectivity index (χ2n) is 7.05. The molecule has 0 unspecified atom stereocenters. The van der Waals surface area contributed by atoms with Gasteiger partial charge in [0.25, 0.3) is 0 Å². The molecule has 0 atom stereocenters. The van der Waals surface area contributed by atoms with Crippen LogP contribution in [0.2, 0.25) is 0 Å². The van der Waals surface area contributed by atoms with Crippen LogP contribution in [0.5, 0.6) is 0 Å². The van der Waals surface area contributed by atoms with Crippen LogP contribution < -0.4 is 5.32 Å². The molecule has 1 saturated carbocycles. The highest BCUT2D eigenvalue weighted by atomic mass is 14.9. The summed E-state index contributed by atoms with van der Waals surface area (Å²) in [7, 11) is 0. The monoisotopic (exact) mass is 288 g/mol. The lowest BCUT2D eigenvalue weighted by molar-refractivity contribution is 0.00291. The molecule has 0 radical (unpaired) electrons. The van der Waals surface area contributed by atoms with E-state index in [1.807, 2.05) is 12.4 Å². The average Bonchev–Trinajstić information content (AvgIpc) is 2.46. The zero-order valence-corrected chi connectivity index (χ0v) is 14.1. The molecule has 0 bridgehead atoms. The highest BCUT2D eigenvalue weighted by molar-refractivity contribution is 5.30. The fraction of sp³-hybridized carbons (Fsp3) is 0.737. The van der Waals surface area contributed by atoms with E-state index >= 15 is 0 Å². The number of nitrogens with one attached hydrogen (secondary N) is 1. The zero-order chi connectivity index (χ0) is 15.2. The second kappa shape index (κ2) is 7.40. The van der Waals surface area contributed by atoms with Crippen molar-refractivity contribution in [3.8, 4) is 0 Å². The molecule has 0 aliphatic heterocycles. The summed E-state index contributed by atoms with van der Waals surface area (Å²) in [5, 5.41) is 3.68. The van der Waals surface area contributed by atoms with Crippen LogP contribution in [0.4, 0.5) is 0 Å². The fourth-order valence-corrected chi connectivity index (χ4v) is 4.56. The van der Waals surface area contributed by atoms with Crippen molar-refractivity contribution in [3.63, 3.8) is 0 Å². The van der Waals surface area contributed by atoms with Crippen molar-refractivity contribution in [3.05, 3.63) is 30.1 Å². The molecule has 2 nitrogen and oxygen atoms in total. The van der Waals surface area contributed by atoms with Gasteiger partial charge in [-0.2, -0.15) is 0 Å². The molecule has 0 aromatic carbocycles. The minimum atomic E-state index is 0.350. The summed E-state index contributed by atoms with van der Waals surface area (Å²) in [4.78, 5) is 4.20. The van der Waals surface area contributed by atoms with Gasteiger partial charge in [-0.1, -0.05) is 33.6 Å². The van der Waals surface area contributed by atoms with E-state index in [4.69, 9.17) is 0 Å². The molecule has 21 heavy (non-hydrogen) atoms. The lowest BCUT2D eigenvalue weighted by Crippen LogP contribution is -2.54. The van der Waals surface area contributed by atoms with E-state index in [0.717, 1.165) is 13.1 Å². The summed E-state index contributed by atoms with van der Waals surface area (Å²) in [5.74, 6) is 0. The topological polar surface area (TPSA) is 24.9 Å². The minimum Gasteiger partial charge on any atom is -0.316 e. The molecular formula is C19H32N2. The van der Waals surface area contributed by atoms with Gasteiger partial charge in [-0.15, -0.1) is 0 Å². The molecule has 1 N–H and O–H groups in total. The lowest BCUT2D eigenvalue weighted by atomic mass is 9.48. The van der Waals surface area contributed by atoms with Crippen LogP contribution in [0.3, 0.4) is 0 Å². The Hall–Kier alpha value is -0.890. The van der Waals surface area contributed by atoms with Gasteiger partial charge in [0.2, 0.25) is 0 Å². The maximum atomic E-state index is 4.20. The van der Waals surface area contributed by atoms with Crippen molar-refractivity contribution in [1.82, 2.24) is 10.3 Å². The molecule has 2 heteroatoms. The Bertz CT molecular complexity index is 399. The number of pyridine rings is 1. The Labute approximate surface area is 130 Å². The molecule has 1 aliphatic rings. The summed E-state index contributed by atoms with van der Waals surface area (Å²) < 4.78 is 0. The first kappa shape index (κ1) is 16.5. The SMILES string of the molecule is CCCNCC1(c2ccncc2)CC(CCC)(CCC)C1. The molecule has 0 amide bonds. The van der Waals surface area contributed by atoms with Crippen molar-refractivity contribution in [2.75, 3.05) is 13.1 Å². The Balaban J connectivity index is 2.13. The first-order chi connectivity index (χ1) is 10.2. The first-order valence-electron chi connectivity index (χ1n) is 8.81. The molecule has 2 rings (SSSR count). The number of hydrogen-bond acceptors (Lipinski definition) is 2. The van der Waals surface area contributed by atoms with Crippen LogP contribution in [0.25, 0.3) is 0 Å². The quantitative estimate of drug-likeness (QED) is 0.666. The van der Waals surface area contributed by atoms with E-state index in [-0.39, 0.29) is 0 Å². The third-order valence-corrected chi connectivity index (χ3v) is 5.17. The number of nitrogens with zero attached hydrogens (tertiary/aromatic N) is 1. The maximum absolute atomic E-state index is 4.20. The zero-order valence-electron chi connectivity index (χ0n) is 14.1. The van der Waals surface area contributed by atoms with Crippen LogP contribution >= 0.6 is 0 Å². The van der Waals surface area contributed by atoms with Gasteiger partial charge in [0.05, 0.1) is 0 Å². The van der Waals surface area contributed by atoms with E-state index in [9.17, 15) is 0 Å². The molecule has 1 aliphatic carbocycles. The third kappa shape index (κ3) is 3.66. The summed E-state index contributed by atoms with van der Waals surface area (Å²) in [6.45, 7) is 9.16. The summed E-state index contributed by atoms with van der Waals surface area (Å²) in [5.41, 5.74) is 2.44. The predicted molar refractivity (Wildman–Crippen MR) is 90.6 cm³/mol. The van der Waals surface area contributed by atoms with E-state index in [0.29, 0.717) is 10.8 Å². The number of hydrogen-bond donors (Lipinski definition) is 1. The van der Waals surface area contributed by atoms with Crippen molar-refractivity contribution in [1.29, 1.82) is 0 Å². The van der Waals surface area contributed by atoms with Crippen molar-refractivity contribution >= 4 is 0 Å². The first-order valence-corrected chi connectivity index (χ1v) is 8.81. The Kier molecular flexibility index (Phi) is 5.80. The van der Waals surface area contributed by atoms with Crippen molar-refractivity contribution < 1.29 is 0 Å². The van der Waals surface area contributed by atoms with E-state index in [1.54, 1.807) is 0 Å². The maximum Gasteiger partial charge on any atom is 0.0270 e. The Morgan fingerprint density at radius 2 is 1.62 bits per heavy atom. The smallest absolute Gasteiger partial charge is 0.0270 e. The molecule has 1 fully saturated rings. The Morgan fingerprint density at radius 1 is 1.00 bits per heavy atom. The minimum absolute atomic E-state index is 0.350. The normalized spacial score (nSPS) is 19.2. The third-order valence-electron chi connectivity index (χ3n) is 5.17. The molecule has 0 saturated heterocycles. The van der Waals surface area contributed by atoms with Crippen LogP contribution in [0.15, 0.2) is 24.5 Å². The largest absolute Gasteiger partial charge is 0.316 e. The van der Waals surface area contributed by atoms with Gasteiger partial charge in [-0.25, -0.2) is 0 Å². The molecule has 1 aromatic rings. The average molecular weight is 288 g/mol. The van der Waals surface area contributed by atoms with Crippen LogP contribution in [-0.2, 0) is 5.41 Å². The molecular weight excluding hydrogens is 256 g/mol. The highest BCUT2D eigenvalue weighted by Gasteiger charge is 2.53. The fourth-order valence-electron chi connectivity index (χ4n) is 4.56. The van der Waals surface area contributed by atoms with Gasteiger partial charge in [0.1, 0.15) is 0 Å². The molecule has 0 spiro atoms. The Morgan fingerprint density at radius 3 is 2.14 bits per heavy atom.